The van der Waals surface area contributed by atoms with Crippen LogP contribution in [0.15, 0.2) is 48.7 Å². The number of pyridine rings is 1. The number of aryl methyl sites for hydroxylation is 1. The van der Waals surface area contributed by atoms with Crippen molar-refractivity contribution >= 4 is 21.7 Å². The molecule has 5 rings (SSSR count). The minimum atomic E-state index is 0.748. The normalized spacial score (nSPS) is 13.1. The molecule has 0 aliphatic carbocycles. The van der Waals surface area contributed by atoms with Crippen LogP contribution in [0.25, 0.3) is 32.8 Å². The molecule has 0 saturated carbocycles. The Hall–Kier alpha value is -2.87. The van der Waals surface area contributed by atoms with Crippen LogP contribution in [0, 0.1) is 13.8 Å². The lowest BCUT2D eigenvalue weighted by Gasteiger charge is -2.22. The van der Waals surface area contributed by atoms with Crippen molar-refractivity contribution in [3.05, 3.63) is 70.9 Å². The number of hydrogen-bond acceptors (Lipinski definition) is 2. The summed E-state index contributed by atoms with van der Waals surface area (Å²) < 4.78 is 5.93. The summed E-state index contributed by atoms with van der Waals surface area (Å²) >= 11 is 0. The number of benzene rings is 3. The third kappa shape index (κ3) is 2.29. The first-order valence-electron chi connectivity index (χ1n) is 9.75. The largest absolute Gasteiger partial charge is 0.493 e. The molecule has 0 atom stereocenters. The fourth-order valence-electron chi connectivity index (χ4n) is 4.66. The molecule has 0 saturated heterocycles. The van der Waals surface area contributed by atoms with E-state index < -0.39 is 0 Å². The highest BCUT2D eigenvalue weighted by Gasteiger charge is 2.21. The second-order valence-electron chi connectivity index (χ2n) is 7.41. The van der Waals surface area contributed by atoms with Crippen LogP contribution in [-0.4, -0.2) is 11.6 Å². The van der Waals surface area contributed by atoms with Gasteiger partial charge in [0.25, 0.3) is 0 Å². The van der Waals surface area contributed by atoms with E-state index in [0.717, 1.165) is 30.7 Å². The Balaban J connectivity index is 1.96. The van der Waals surface area contributed by atoms with Gasteiger partial charge in [-0.25, -0.2) is 0 Å². The average Bonchev–Trinajstić information content (AvgIpc) is 2.72. The number of hydrogen-bond donors (Lipinski definition) is 0. The van der Waals surface area contributed by atoms with Crippen molar-refractivity contribution in [2.45, 2.75) is 33.6 Å². The standard InChI is InChI=1S/C25H23NO/c1-4-18-15(2)16(3)19-7-5-6-8-20(19)24(18)21-9-10-22-23-17(12-14-27-22)11-13-26-25(21)23/h5-11,13H,4,12,14H2,1-3H3. The Kier molecular flexibility index (Phi) is 3.68. The van der Waals surface area contributed by atoms with Crippen LogP contribution < -0.4 is 4.74 Å². The first-order valence-corrected chi connectivity index (χ1v) is 9.75. The van der Waals surface area contributed by atoms with Crippen molar-refractivity contribution in [3.8, 4) is 16.9 Å². The van der Waals surface area contributed by atoms with Gasteiger partial charge in [0.05, 0.1) is 12.1 Å². The molecule has 2 heteroatoms. The van der Waals surface area contributed by atoms with Gasteiger partial charge in [-0.3, -0.25) is 4.98 Å². The van der Waals surface area contributed by atoms with Crippen molar-refractivity contribution in [2.75, 3.05) is 6.61 Å². The summed E-state index contributed by atoms with van der Waals surface area (Å²) in [6.07, 6.45) is 3.90. The summed E-state index contributed by atoms with van der Waals surface area (Å²) in [5, 5.41) is 3.83. The molecule has 134 valence electrons. The van der Waals surface area contributed by atoms with Gasteiger partial charge in [0.15, 0.2) is 0 Å². The molecule has 0 bridgehead atoms. The van der Waals surface area contributed by atoms with Crippen LogP contribution in [0.2, 0.25) is 0 Å². The third-order valence-electron chi connectivity index (χ3n) is 6.11. The van der Waals surface area contributed by atoms with Gasteiger partial charge in [0.2, 0.25) is 0 Å². The van der Waals surface area contributed by atoms with E-state index in [4.69, 9.17) is 9.72 Å². The van der Waals surface area contributed by atoms with Gasteiger partial charge in [-0.2, -0.15) is 0 Å². The molecule has 1 aromatic heterocycles. The van der Waals surface area contributed by atoms with Gasteiger partial charge in [-0.05, 0) is 77.1 Å². The van der Waals surface area contributed by atoms with Crippen LogP contribution >= 0.6 is 0 Å². The van der Waals surface area contributed by atoms with E-state index in [1.165, 1.54) is 49.5 Å². The summed E-state index contributed by atoms with van der Waals surface area (Å²) in [4.78, 5) is 4.82. The van der Waals surface area contributed by atoms with E-state index in [2.05, 4.69) is 63.2 Å². The zero-order valence-corrected chi connectivity index (χ0v) is 16.1. The molecule has 0 spiro atoms. The highest BCUT2D eigenvalue weighted by Crippen LogP contribution is 2.43. The second-order valence-corrected chi connectivity index (χ2v) is 7.41. The van der Waals surface area contributed by atoms with Gasteiger partial charge < -0.3 is 4.74 Å². The minimum Gasteiger partial charge on any atom is -0.493 e. The highest BCUT2D eigenvalue weighted by atomic mass is 16.5. The predicted octanol–water partition coefficient (Wildman–Crippen LogP) is 6.17. The molecule has 0 unspecified atom stereocenters. The van der Waals surface area contributed by atoms with Crippen molar-refractivity contribution in [2.24, 2.45) is 0 Å². The lowest BCUT2D eigenvalue weighted by molar-refractivity contribution is 0.318. The molecule has 4 aromatic rings. The number of fused-ring (bicyclic) bond motifs is 1. The summed E-state index contributed by atoms with van der Waals surface area (Å²) in [7, 11) is 0. The molecule has 0 radical (unpaired) electrons. The monoisotopic (exact) mass is 353 g/mol. The number of aromatic nitrogens is 1. The van der Waals surface area contributed by atoms with Gasteiger partial charge in [0.1, 0.15) is 5.75 Å². The molecule has 1 aliphatic heterocycles. The fraction of sp³-hybridized carbons (Fsp3) is 0.240. The molecule has 0 fully saturated rings. The van der Waals surface area contributed by atoms with E-state index in [1.54, 1.807) is 0 Å². The van der Waals surface area contributed by atoms with Gasteiger partial charge in [-0.1, -0.05) is 31.2 Å². The first kappa shape index (κ1) is 16.3. The van der Waals surface area contributed by atoms with Crippen LogP contribution in [-0.2, 0) is 12.8 Å². The average molecular weight is 353 g/mol. The third-order valence-corrected chi connectivity index (χ3v) is 6.11. The first-order chi connectivity index (χ1) is 13.2. The van der Waals surface area contributed by atoms with Crippen molar-refractivity contribution in [3.63, 3.8) is 0 Å². The number of nitrogens with zero attached hydrogens (tertiary/aromatic N) is 1. The highest BCUT2D eigenvalue weighted by molar-refractivity contribution is 6.08. The van der Waals surface area contributed by atoms with Gasteiger partial charge in [-0.15, -0.1) is 0 Å². The SMILES string of the molecule is CCc1c(C)c(C)c2ccccc2c1-c1ccc2c3c(ccnc13)CCO2. The topological polar surface area (TPSA) is 22.1 Å². The Bertz CT molecular complexity index is 1200. The van der Waals surface area contributed by atoms with Crippen LogP contribution in [0.4, 0.5) is 0 Å². The summed E-state index contributed by atoms with van der Waals surface area (Å²) in [6, 6.07) is 15.2. The van der Waals surface area contributed by atoms with E-state index in [-0.39, 0.29) is 0 Å². The van der Waals surface area contributed by atoms with Gasteiger partial charge in [0, 0.05) is 23.6 Å². The van der Waals surface area contributed by atoms with E-state index in [0.29, 0.717) is 0 Å². The van der Waals surface area contributed by atoms with Crippen molar-refractivity contribution in [1.82, 2.24) is 4.98 Å². The number of rotatable bonds is 2. The van der Waals surface area contributed by atoms with Crippen LogP contribution in [0.5, 0.6) is 5.75 Å². The molecule has 0 N–H and O–H groups in total. The number of ether oxygens (including phenoxy) is 1. The van der Waals surface area contributed by atoms with Gasteiger partial charge >= 0.3 is 0 Å². The Morgan fingerprint density at radius 3 is 2.59 bits per heavy atom. The van der Waals surface area contributed by atoms with E-state index >= 15 is 0 Å². The smallest absolute Gasteiger partial charge is 0.129 e. The Labute approximate surface area is 159 Å². The summed E-state index contributed by atoms with van der Waals surface area (Å²) in [5.74, 6) is 0.967. The van der Waals surface area contributed by atoms with Crippen molar-refractivity contribution < 1.29 is 4.74 Å². The lowest BCUT2D eigenvalue weighted by Crippen LogP contribution is -2.09. The molecule has 3 aromatic carbocycles. The zero-order chi connectivity index (χ0) is 18.5. The molecule has 1 aliphatic rings. The van der Waals surface area contributed by atoms with Crippen molar-refractivity contribution in [1.29, 1.82) is 0 Å². The predicted molar refractivity (Wildman–Crippen MR) is 113 cm³/mol. The maximum absolute atomic E-state index is 5.93. The molecule has 27 heavy (non-hydrogen) atoms. The second kappa shape index (κ2) is 6.09. The van der Waals surface area contributed by atoms with E-state index in [9.17, 15) is 0 Å². The van der Waals surface area contributed by atoms with E-state index in [1.807, 2.05) is 6.20 Å². The molecule has 2 nitrogen and oxygen atoms in total. The maximum Gasteiger partial charge on any atom is 0.129 e. The molecular weight excluding hydrogens is 330 g/mol. The summed E-state index contributed by atoms with van der Waals surface area (Å²) in [6.45, 7) is 7.50. The lowest BCUT2D eigenvalue weighted by atomic mass is 9.84. The molecule has 2 heterocycles. The molecule has 0 amide bonds. The van der Waals surface area contributed by atoms with Crippen LogP contribution in [0.3, 0.4) is 0 Å². The molecular formula is C25H23NO. The van der Waals surface area contributed by atoms with Crippen LogP contribution in [0.1, 0.15) is 29.2 Å². The maximum atomic E-state index is 5.93. The summed E-state index contributed by atoms with van der Waals surface area (Å²) in [5.41, 5.74) is 9.15. The quantitative estimate of drug-likeness (QED) is 0.430. The Morgan fingerprint density at radius 2 is 1.78 bits per heavy atom. The minimum absolute atomic E-state index is 0.748. The fourth-order valence-corrected chi connectivity index (χ4v) is 4.66. The Morgan fingerprint density at radius 1 is 0.963 bits per heavy atom. The zero-order valence-electron chi connectivity index (χ0n) is 16.1.